The molecule has 1 N–H and O–H groups in total. The summed E-state index contributed by atoms with van der Waals surface area (Å²) in [5.41, 5.74) is 2.54. The van der Waals surface area contributed by atoms with Gasteiger partial charge in [-0.25, -0.2) is 0 Å². The van der Waals surface area contributed by atoms with E-state index >= 15 is 0 Å². The molecule has 0 fully saturated rings. The Morgan fingerprint density at radius 3 is 2.45 bits per heavy atom. The van der Waals surface area contributed by atoms with Crippen molar-refractivity contribution in [1.29, 1.82) is 0 Å². The maximum atomic E-state index is 5.75. The molecule has 106 valence electrons. The van der Waals surface area contributed by atoms with Gasteiger partial charge in [-0.3, -0.25) is 4.98 Å². The van der Waals surface area contributed by atoms with Crippen LogP contribution in [-0.4, -0.2) is 18.1 Å². The van der Waals surface area contributed by atoms with E-state index in [0.29, 0.717) is 6.61 Å². The van der Waals surface area contributed by atoms with Crippen molar-refractivity contribution in [3.8, 4) is 5.75 Å². The first-order valence-electron chi connectivity index (χ1n) is 7.20. The summed E-state index contributed by atoms with van der Waals surface area (Å²) in [5, 5.41) is 3.39. The van der Waals surface area contributed by atoms with E-state index in [1.807, 2.05) is 36.7 Å². The van der Waals surface area contributed by atoms with Crippen LogP contribution < -0.4 is 10.1 Å². The first kappa shape index (κ1) is 14.5. The Balaban J connectivity index is 1.73. The molecule has 0 saturated heterocycles. The van der Waals surface area contributed by atoms with Gasteiger partial charge in [0.05, 0.1) is 6.61 Å². The van der Waals surface area contributed by atoms with Gasteiger partial charge in [-0.15, -0.1) is 0 Å². The third kappa shape index (κ3) is 5.02. The number of aromatic nitrogens is 1. The molecule has 3 nitrogen and oxygen atoms in total. The lowest BCUT2D eigenvalue weighted by molar-refractivity contribution is 0.322. The first-order valence-corrected chi connectivity index (χ1v) is 7.20. The molecule has 0 radical (unpaired) electrons. The van der Waals surface area contributed by atoms with Gasteiger partial charge in [0.25, 0.3) is 0 Å². The van der Waals surface area contributed by atoms with E-state index in [1.165, 1.54) is 11.1 Å². The average Bonchev–Trinajstić information content (AvgIpc) is 2.50. The molecule has 1 heterocycles. The fourth-order valence-corrected chi connectivity index (χ4v) is 1.95. The zero-order chi connectivity index (χ0) is 14.0. The van der Waals surface area contributed by atoms with E-state index in [-0.39, 0.29) is 0 Å². The van der Waals surface area contributed by atoms with Crippen LogP contribution in [0.1, 0.15) is 24.5 Å². The van der Waals surface area contributed by atoms with E-state index in [9.17, 15) is 0 Å². The molecule has 0 bridgehead atoms. The van der Waals surface area contributed by atoms with Crippen molar-refractivity contribution in [2.24, 2.45) is 0 Å². The molecular formula is C17H22N2O. The minimum Gasteiger partial charge on any atom is -0.493 e. The van der Waals surface area contributed by atoms with Gasteiger partial charge in [-0.05, 0) is 48.4 Å². The molecule has 0 spiro atoms. The number of hydrogen-bond donors (Lipinski definition) is 1. The Kier molecular flexibility index (Phi) is 6.06. The molecule has 20 heavy (non-hydrogen) atoms. The van der Waals surface area contributed by atoms with Gasteiger partial charge >= 0.3 is 0 Å². The molecule has 0 aliphatic rings. The summed E-state index contributed by atoms with van der Waals surface area (Å²) in [6.45, 7) is 4.85. The Bertz CT molecular complexity index is 482. The lowest BCUT2D eigenvalue weighted by Gasteiger charge is -2.08. The standard InChI is InChI=1S/C17H22N2O/c1-2-10-19-14-16-3-5-17(6-4-16)20-13-9-15-7-11-18-12-8-15/h3-8,11-12,19H,2,9-10,13-14H2,1H3. The number of pyridine rings is 1. The number of benzene rings is 1. The van der Waals surface area contributed by atoms with Gasteiger partial charge < -0.3 is 10.1 Å². The summed E-state index contributed by atoms with van der Waals surface area (Å²) in [6, 6.07) is 12.3. The van der Waals surface area contributed by atoms with Crippen molar-refractivity contribution < 1.29 is 4.74 Å². The first-order chi connectivity index (χ1) is 9.88. The highest BCUT2D eigenvalue weighted by Gasteiger charge is 1.97. The highest BCUT2D eigenvalue weighted by Crippen LogP contribution is 2.12. The van der Waals surface area contributed by atoms with Crippen LogP contribution >= 0.6 is 0 Å². The van der Waals surface area contributed by atoms with Crippen LogP contribution in [0.4, 0.5) is 0 Å². The van der Waals surface area contributed by atoms with Gasteiger partial charge in [0.2, 0.25) is 0 Å². The molecule has 0 aliphatic carbocycles. The zero-order valence-electron chi connectivity index (χ0n) is 12.0. The predicted octanol–water partition coefficient (Wildman–Crippen LogP) is 3.20. The van der Waals surface area contributed by atoms with Crippen LogP contribution in [0, 0.1) is 0 Å². The fraction of sp³-hybridized carbons (Fsp3) is 0.353. The topological polar surface area (TPSA) is 34.1 Å². The minimum atomic E-state index is 0.692. The zero-order valence-corrected chi connectivity index (χ0v) is 12.0. The maximum absolute atomic E-state index is 5.75. The lowest BCUT2D eigenvalue weighted by atomic mass is 10.2. The maximum Gasteiger partial charge on any atom is 0.119 e. The summed E-state index contributed by atoms with van der Waals surface area (Å²) in [6.07, 6.45) is 5.69. The van der Waals surface area contributed by atoms with Crippen molar-refractivity contribution >= 4 is 0 Å². The minimum absolute atomic E-state index is 0.692. The molecule has 3 heteroatoms. The molecule has 0 saturated carbocycles. The highest BCUT2D eigenvalue weighted by molar-refractivity contribution is 5.27. The van der Waals surface area contributed by atoms with Crippen LogP contribution in [0.3, 0.4) is 0 Å². The Morgan fingerprint density at radius 2 is 1.75 bits per heavy atom. The van der Waals surface area contributed by atoms with Crippen molar-refractivity contribution in [2.45, 2.75) is 26.3 Å². The molecule has 2 aromatic rings. The molecule has 0 amide bonds. The second-order valence-corrected chi connectivity index (χ2v) is 4.77. The van der Waals surface area contributed by atoms with Crippen molar-refractivity contribution in [3.63, 3.8) is 0 Å². The Hall–Kier alpha value is -1.87. The second kappa shape index (κ2) is 8.33. The molecule has 1 aromatic heterocycles. The van der Waals surface area contributed by atoms with Gasteiger partial charge in [-0.1, -0.05) is 19.1 Å². The van der Waals surface area contributed by atoms with Crippen LogP contribution in [-0.2, 0) is 13.0 Å². The summed E-state index contributed by atoms with van der Waals surface area (Å²) in [4.78, 5) is 4.01. The van der Waals surface area contributed by atoms with E-state index < -0.39 is 0 Å². The number of nitrogens with zero attached hydrogens (tertiary/aromatic N) is 1. The number of nitrogens with one attached hydrogen (secondary N) is 1. The monoisotopic (exact) mass is 270 g/mol. The van der Waals surface area contributed by atoms with Gasteiger partial charge in [0.15, 0.2) is 0 Å². The highest BCUT2D eigenvalue weighted by atomic mass is 16.5. The second-order valence-electron chi connectivity index (χ2n) is 4.77. The van der Waals surface area contributed by atoms with E-state index in [0.717, 1.165) is 31.7 Å². The van der Waals surface area contributed by atoms with Gasteiger partial charge in [0.1, 0.15) is 5.75 Å². The normalized spacial score (nSPS) is 10.4. The third-order valence-electron chi connectivity index (χ3n) is 3.09. The molecule has 0 atom stereocenters. The van der Waals surface area contributed by atoms with Gasteiger partial charge in [-0.2, -0.15) is 0 Å². The molecule has 2 rings (SSSR count). The summed E-state index contributed by atoms with van der Waals surface area (Å²) in [7, 11) is 0. The van der Waals surface area contributed by atoms with Crippen molar-refractivity contribution in [3.05, 3.63) is 59.9 Å². The summed E-state index contributed by atoms with van der Waals surface area (Å²) >= 11 is 0. The van der Waals surface area contributed by atoms with Gasteiger partial charge in [0, 0.05) is 25.4 Å². The van der Waals surface area contributed by atoms with Crippen LogP contribution in [0.5, 0.6) is 5.75 Å². The quantitative estimate of drug-likeness (QED) is 0.748. The summed E-state index contributed by atoms with van der Waals surface area (Å²) in [5.74, 6) is 0.929. The van der Waals surface area contributed by atoms with Crippen LogP contribution in [0.2, 0.25) is 0 Å². The predicted molar refractivity (Wildman–Crippen MR) is 81.9 cm³/mol. The Labute approximate surface area is 121 Å². The third-order valence-corrected chi connectivity index (χ3v) is 3.09. The fourth-order valence-electron chi connectivity index (χ4n) is 1.95. The Morgan fingerprint density at radius 1 is 1.00 bits per heavy atom. The SMILES string of the molecule is CCCNCc1ccc(OCCc2ccncc2)cc1. The lowest BCUT2D eigenvalue weighted by Crippen LogP contribution is -2.13. The smallest absolute Gasteiger partial charge is 0.119 e. The largest absolute Gasteiger partial charge is 0.493 e. The van der Waals surface area contributed by atoms with Crippen molar-refractivity contribution in [2.75, 3.05) is 13.2 Å². The van der Waals surface area contributed by atoms with E-state index in [4.69, 9.17) is 4.74 Å². The molecular weight excluding hydrogens is 248 g/mol. The molecule has 0 aliphatic heterocycles. The van der Waals surface area contributed by atoms with Crippen LogP contribution in [0.15, 0.2) is 48.8 Å². The van der Waals surface area contributed by atoms with Crippen LogP contribution in [0.25, 0.3) is 0 Å². The van der Waals surface area contributed by atoms with Crippen molar-refractivity contribution in [1.82, 2.24) is 10.3 Å². The average molecular weight is 270 g/mol. The number of ether oxygens (including phenoxy) is 1. The molecule has 1 aromatic carbocycles. The van der Waals surface area contributed by atoms with E-state index in [1.54, 1.807) is 0 Å². The molecule has 0 unspecified atom stereocenters. The summed E-state index contributed by atoms with van der Waals surface area (Å²) < 4.78 is 5.75. The van der Waals surface area contributed by atoms with E-state index in [2.05, 4.69) is 29.4 Å². The number of rotatable bonds is 8. The number of hydrogen-bond acceptors (Lipinski definition) is 3.